The van der Waals surface area contributed by atoms with Gasteiger partial charge in [-0.05, 0) is 59.0 Å². The van der Waals surface area contributed by atoms with Crippen LogP contribution in [0.25, 0.3) is 17.4 Å². The van der Waals surface area contributed by atoms with Crippen molar-refractivity contribution in [1.82, 2.24) is 0 Å². The molecule has 144 valence electrons. The van der Waals surface area contributed by atoms with Gasteiger partial charge in [-0.3, -0.25) is 19.8 Å². The summed E-state index contributed by atoms with van der Waals surface area (Å²) < 4.78 is 7.35. The zero-order valence-corrected chi connectivity index (χ0v) is 18.4. The third kappa shape index (κ3) is 4.11. The van der Waals surface area contributed by atoms with Gasteiger partial charge in [0.2, 0.25) is 0 Å². The van der Waals surface area contributed by atoms with Crippen molar-refractivity contribution in [3.8, 4) is 11.3 Å². The number of benzene rings is 2. The van der Waals surface area contributed by atoms with E-state index in [1.165, 1.54) is 29.2 Å². The Morgan fingerprint density at radius 3 is 2.41 bits per heavy atom. The van der Waals surface area contributed by atoms with Gasteiger partial charge in [0.15, 0.2) is 4.32 Å². The Morgan fingerprint density at radius 1 is 1.07 bits per heavy atom. The average molecular weight is 534 g/mol. The Kier molecular flexibility index (Phi) is 5.52. The monoisotopic (exact) mass is 534 g/mol. The van der Waals surface area contributed by atoms with Crippen LogP contribution in [-0.2, 0) is 4.79 Å². The number of carbonyl (C=O) groups excluding carboxylic acids is 1. The van der Waals surface area contributed by atoms with Crippen LogP contribution in [0.1, 0.15) is 5.76 Å². The first-order chi connectivity index (χ1) is 13.9. The van der Waals surface area contributed by atoms with Crippen molar-refractivity contribution < 1.29 is 14.1 Å². The molecule has 29 heavy (non-hydrogen) atoms. The fourth-order valence-electron chi connectivity index (χ4n) is 2.74. The van der Waals surface area contributed by atoms with Gasteiger partial charge in [-0.15, -0.1) is 0 Å². The number of amides is 1. The number of halogens is 1. The van der Waals surface area contributed by atoms with Crippen LogP contribution in [0.3, 0.4) is 0 Å². The van der Waals surface area contributed by atoms with E-state index in [1.807, 2.05) is 30.3 Å². The number of anilines is 1. The minimum absolute atomic E-state index is 0.0477. The first-order valence-electron chi connectivity index (χ1n) is 8.30. The van der Waals surface area contributed by atoms with Gasteiger partial charge in [0, 0.05) is 27.3 Å². The van der Waals surface area contributed by atoms with Crippen LogP contribution in [0.5, 0.6) is 0 Å². The number of nitrogens with zero attached hydrogens (tertiary/aromatic N) is 2. The van der Waals surface area contributed by atoms with Gasteiger partial charge in [0.05, 0.1) is 15.5 Å². The number of furan rings is 1. The summed E-state index contributed by atoms with van der Waals surface area (Å²) in [5, 5.41) is 10.8. The van der Waals surface area contributed by atoms with E-state index >= 15 is 0 Å². The molecule has 1 aliphatic rings. The number of non-ortho nitro benzene ring substituents is 1. The van der Waals surface area contributed by atoms with Crippen LogP contribution in [0.15, 0.2) is 70.0 Å². The van der Waals surface area contributed by atoms with Crippen LogP contribution in [0.4, 0.5) is 11.4 Å². The van der Waals surface area contributed by atoms with Crippen molar-refractivity contribution in [3.63, 3.8) is 0 Å². The standard InChI is InChI=1S/C20H11IN2O4S2/c21-13-3-1-12(2-4-13)17-10-9-16(27-17)11-18-19(24)22(20(28)29-18)14-5-7-15(8-6-14)23(25)26/h1-11H. The van der Waals surface area contributed by atoms with Crippen LogP contribution in [0.2, 0.25) is 0 Å². The zero-order chi connectivity index (χ0) is 20.5. The summed E-state index contributed by atoms with van der Waals surface area (Å²) in [5.41, 5.74) is 1.39. The molecule has 0 saturated carbocycles. The number of hydrogen-bond donors (Lipinski definition) is 0. The molecule has 0 N–H and O–H groups in total. The van der Waals surface area contributed by atoms with E-state index in [-0.39, 0.29) is 11.6 Å². The molecule has 1 aromatic heterocycles. The van der Waals surface area contributed by atoms with Gasteiger partial charge in [-0.25, -0.2) is 0 Å². The van der Waals surface area contributed by atoms with Crippen LogP contribution in [-0.4, -0.2) is 15.2 Å². The first kappa shape index (κ1) is 19.8. The lowest BCUT2D eigenvalue weighted by molar-refractivity contribution is -0.384. The summed E-state index contributed by atoms with van der Waals surface area (Å²) in [7, 11) is 0. The molecule has 0 unspecified atom stereocenters. The fourth-order valence-corrected chi connectivity index (χ4v) is 4.38. The maximum atomic E-state index is 12.8. The molecular weight excluding hydrogens is 523 g/mol. The summed E-state index contributed by atoms with van der Waals surface area (Å²) in [6.45, 7) is 0. The van der Waals surface area contributed by atoms with E-state index in [4.69, 9.17) is 16.6 Å². The number of thioether (sulfide) groups is 1. The molecular formula is C20H11IN2O4S2. The van der Waals surface area contributed by atoms with Crippen molar-refractivity contribution >= 4 is 74.2 Å². The molecule has 2 aromatic carbocycles. The molecule has 2 heterocycles. The Hall–Kier alpha value is -2.50. The second-order valence-electron chi connectivity index (χ2n) is 6.00. The van der Waals surface area contributed by atoms with E-state index in [9.17, 15) is 14.9 Å². The third-order valence-corrected chi connectivity index (χ3v) is 6.16. The number of nitro groups is 1. The molecule has 0 atom stereocenters. The van der Waals surface area contributed by atoms with E-state index < -0.39 is 4.92 Å². The minimum Gasteiger partial charge on any atom is -0.457 e. The lowest BCUT2D eigenvalue weighted by atomic mass is 10.2. The highest BCUT2D eigenvalue weighted by Crippen LogP contribution is 2.37. The quantitative estimate of drug-likeness (QED) is 0.137. The molecule has 0 spiro atoms. The highest BCUT2D eigenvalue weighted by molar-refractivity contribution is 14.1. The smallest absolute Gasteiger partial charge is 0.270 e. The Labute approximate surface area is 188 Å². The summed E-state index contributed by atoms with van der Waals surface area (Å²) >= 11 is 8.74. The molecule has 9 heteroatoms. The van der Waals surface area contributed by atoms with Gasteiger partial charge >= 0.3 is 0 Å². The molecule has 0 aliphatic carbocycles. The summed E-state index contributed by atoms with van der Waals surface area (Å²) in [6, 6.07) is 17.3. The third-order valence-electron chi connectivity index (χ3n) is 4.14. The van der Waals surface area contributed by atoms with E-state index in [2.05, 4.69) is 22.6 Å². The van der Waals surface area contributed by atoms with Crippen LogP contribution in [0, 0.1) is 13.7 Å². The molecule has 1 amide bonds. The molecule has 6 nitrogen and oxygen atoms in total. The highest BCUT2D eigenvalue weighted by atomic mass is 127. The number of rotatable bonds is 4. The number of carbonyl (C=O) groups is 1. The van der Waals surface area contributed by atoms with Crippen molar-refractivity contribution in [2.75, 3.05) is 4.90 Å². The second-order valence-corrected chi connectivity index (χ2v) is 8.92. The molecule has 1 fully saturated rings. The molecule has 3 aromatic rings. The normalized spacial score (nSPS) is 15.3. The molecule has 0 radical (unpaired) electrons. The lowest BCUT2D eigenvalue weighted by Crippen LogP contribution is -2.27. The predicted molar refractivity (Wildman–Crippen MR) is 126 cm³/mol. The number of hydrogen-bond acceptors (Lipinski definition) is 6. The van der Waals surface area contributed by atoms with E-state index in [0.717, 1.165) is 20.9 Å². The summed E-state index contributed by atoms with van der Waals surface area (Å²) in [4.78, 5) is 24.9. The Balaban J connectivity index is 1.58. The second kappa shape index (κ2) is 8.09. The number of nitro benzene ring substituents is 1. The minimum atomic E-state index is -0.490. The van der Waals surface area contributed by atoms with Gasteiger partial charge in [-0.1, -0.05) is 36.1 Å². The Morgan fingerprint density at radius 2 is 1.76 bits per heavy atom. The van der Waals surface area contributed by atoms with E-state index in [1.54, 1.807) is 12.1 Å². The predicted octanol–water partition coefficient (Wildman–Crippen LogP) is 5.87. The highest BCUT2D eigenvalue weighted by Gasteiger charge is 2.33. The van der Waals surface area contributed by atoms with Gasteiger partial charge < -0.3 is 4.42 Å². The zero-order valence-electron chi connectivity index (χ0n) is 14.6. The van der Waals surface area contributed by atoms with Gasteiger partial charge in [0.25, 0.3) is 11.6 Å². The lowest BCUT2D eigenvalue weighted by Gasteiger charge is -2.13. The first-order valence-corrected chi connectivity index (χ1v) is 10.6. The topological polar surface area (TPSA) is 76.6 Å². The Bertz CT molecular complexity index is 1150. The van der Waals surface area contributed by atoms with Crippen molar-refractivity contribution in [2.45, 2.75) is 0 Å². The van der Waals surface area contributed by atoms with E-state index in [0.29, 0.717) is 26.4 Å². The van der Waals surface area contributed by atoms with Crippen molar-refractivity contribution in [1.29, 1.82) is 0 Å². The SMILES string of the molecule is O=C1C(=Cc2ccc(-c3ccc(I)cc3)o2)SC(=S)N1c1ccc([N+](=O)[O-])cc1. The summed E-state index contributed by atoms with van der Waals surface area (Å²) in [6.07, 6.45) is 1.65. The van der Waals surface area contributed by atoms with Crippen molar-refractivity contribution in [3.05, 3.63) is 85.0 Å². The average Bonchev–Trinajstić information content (AvgIpc) is 3.27. The van der Waals surface area contributed by atoms with Gasteiger partial charge in [0.1, 0.15) is 11.5 Å². The molecule has 0 bridgehead atoms. The molecule has 1 saturated heterocycles. The maximum Gasteiger partial charge on any atom is 0.270 e. The largest absolute Gasteiger partial charge is 0.457 e. The fraction of sp³-hybridized carbons (Fsp3) is 0. The summed E-state index contributed by atoms with van der Waals surface area (Å²) in [5.74, 6) is 0.960. The molecule has 4 rings (SSSR count). The van der Waals surface area contributed by atoms with Gasteiger partial charge in [-0.2, -0.15) is 0 Å². The van der Waals surface area contributed by atoms with Crippen LogP contribution >= 0.6 is 46.6 Å². The van der Waals surface area contributed by atoms with Crippen molar-refractivity contribution in [2.24, 2.45) is 0 Å². The maximum absolute atomic E-state index is 12.8. The number of thiocarbonyl (C=S) groups is 1. The van der Waals surface area contributed by atoms with Crippen LogP contribution < -0.4 is 4.90 Å². The molecule has 1 aliphatic heterocycles.